The van der Waals surface area contributed by atoms with E-state index in [1.165, 1.54) is 20.9 Å². The summed E-state index contributed by atoms with van der Waals surface area (Å²) in [6, 6.07) is 10.4. The van der Waals surface area contributed by atoms with Crippen LogP contribution in [0.25, 0.3) is 9.75 Å². The highest BCUT2D eigenvalue weighted by atomic mass is 32.1. The van der Waals surface area contributed by atoms with Crippen molar-refractivity contribution in [2.45, 2.75) is 19.9 Å². The molecule has 3 nitrogen and oxygen atoms in total. The molecule has 0 aliphatic carbocycles. The standard InChI is InChI=1S/C18H20N2OS2/c1-13-8-10-22-18(13)16-11-20-17(23-16)12-19-9-7-14-3-5-15(21-2)6-4-14/h3-6,8,10-11,19H,7,9,12H2,1-2H3. The van der Waals surface area contributed by atoms with Crippen LogP contribution in [0.4, 0.5) is 0 Å². The summed E-state index contributed by atoms with van der Waals surface area (Å²) in [5, 5.41) is 6.75. The summed E-state index contributed by atoms with van der Waals surface area (Å²) >= 11 is 3.56. The van der Waals surface area contributed by atoms with E-state index in [1.54, 1.807) is 29.8 Å². The molecule has 23 heavy (non-hydrogen) atoms. The van der Waals surface area contributed by atoms with Crippen LogP contribution in [-0.2, 0) is 13.0 Å². The summed E-state index contributed by atoms with van der Waals surface area (Å²) in [4.78, 5) is 7.13. The van der Waals surface area contributed by atoms with Crippen LogP contribution in [-0.4, -0.2) is 18.6 Å². The monoisotopic (exact) mass is 344 g/mol. The lowest BCUT2D eigenvalue weighted by Gasteiger charge is -2.04. The lowest BCUT2D eigenvalue weighted by atomic mass is 10.1. The van der Waals surface area contributed by atoms with Crippen molar-refractivity contribution in [3.63, 3.8) is 0 Å². The van der Waals surface area contributed by atoms with Crippen molar-refractivity contribution in [1.29, 1.82) is 0 Å². The number of hydrogen-bond donors (Lipinski definition) is 1. The molecule has 0 atom stereocenters. The fourth-order valence-electron chi connectivity index (χ4n) is 2.34. The predicted octanol–water partition coefficient (Wildman–Crippen LogP) is 4.52. The molecule has 0 spiro atoms. The molecule has 2 aromatic heterocycles. The van der Waals surface area contributed by atoms with Crippen LogP contribution in [0.3, 0.4) is 0 Å². The second-order valence-corrected chi connectivity index (χ2v) is 7.36. The average Bonchev–Trinajstić information content (AvgIpc) is 3.21. The zero-order valence-electron chi connectivity index (χ0n) is 13.3. The van der Waals surface area contributed by atoms with E-state index in [1.807, 2.05) is 18.3 Å². The highest BCUT2D eigenvalue weighted by molar-refractivity contribution is 7.21. The topological polar surface area (TPSA) is 34.1 Å². The van der Waals surface area contributed by atoms with Gasteiger partial charge in [0, 0.05) is 17.6 Å². The molecule has 0 bridgehead atoms. The molecule has 0 radical (unpaired) electrons. The Kier molecular flexibility index (Phi) is 5.43. The van der Waals surface area contributed by atoms with Crippen LogP contribution in [0.5, 0.6) is 5.75 Å². The molecule has 0 amide bonds. The van der Waals surface area contributed by atoms with E-state index in [0.29, 0.717) is 0 Å². The molecule has 2 heterocycles. The third-order valence-corrected chi connectivity index (χ3v) is 5.86. The maximum atomic E-state index is 5.17. The van der Waals surface area contributed by atoms with E-state index >= 15 is 0 Å². The molecule has 0 saturated heterocycles. The summed E-state index contributed by atoms with van der Waals surface area (Å²) in [6.45, 7) is 3.92. The zero-order chi connectivity index (χ0) is 16.1. The smallest absolute Gasteiger partial charge is 0.118 e. The largest absolute Gasteiger partial charge is 0.497 e. The van der Waals surface area contributed by atoms with Gasteiger partial charge in [0.15, 0.2) is 0 Å². The van der Waals surface area contributed by atoms with Crippen molar-refractivity contribution in [2.24, 2.45) is 0 Å². The van der Waals surface area contributed by atoms with Crippen LogP contribution in [0.2, 0.25) is 0 Å². The Morgan fingerprint density at radius 1 is 1.17 bits per heavy atom. The van der Waals surface area contributed by atoms with Crippen molar-refractivity contribution >= 4 is 22.7 Å². The SMILES string of the molecule is COc1ccc(CCNCc2ncc(-c3sccc3C)s2)cc1. The van der Waals surface area contributed by atoms with Gasteiger partial charge in [0.05, 0.1) is 12.0 Å². The number of hydrogen-bond acceptors (Lipinski definition) is 5. The lowest BCUT2D eigenvalue weighted by molar-refractivity contribution is 0.414. The Morgan fingerprint density at radius 3 is 2.70 bits per heavy atom. The molecule has 3 rings (SSSR count). The van der Waals surface area contributed by atoms with E-state index < -0.39 is 0 Å². The Hall–Kier alpha value is -1.69. The Labute approximate surface area is 145 Å². The minimum Gasteiger partial charge on any atom is -0.497 e. The van der Waals surface area contributed by atoms with E-state index in [2.05, 4.69) is 40.8 Å². The minimum atomic E-state index is 0.825. The first-order chi connectivity index (χ1) is 11.3. The number of thiazole rings is 1. The molecule has 1 N–H and O–H groups in total. The van der Waals surface area contributed by atoms with E-state index in [0.717, 1.165) is 30.3 Å². The number of aryl methyl sites for hydroxylation is 1. The van der Waals surface area contributed by atoms with Crippen molar-refractivity contribution in [1.82, 2.24) is 10.3 Å². The molecule has 0 fully saturated rings. The first kappa shape index (κ1) is 16.2. The fraction of sp³-hybridized carbons (Fsp3) is 0.278. The maximum absolute atomic E-state index is 5.17. The number of nitrogens with zero attached hydrogens (tertiary/aromatic N) is 1. The van der Waals surface area contributed by atoms with Gasteiger partial charge >= 0.3 is 0 Å². The van der Waals surface area contributed by atoms with Crippen LogP contribution >= 0.6 is 22.7 Å². The quantitative estimate of drug-likeness (QED) is 0.640. The Morgan fingerprint density at radius 2 is 2.00 bits per heavy atom. The van der Waals surface area contributed by atoms with Gasteiger partial charge in [-0.3, -0.25) is 0 Å². The lowest BCUT2D eigenvalue weighted by Crippen LogP contribution is -2.16. The predicted molar refractivity (Wildman–Crippen MR) is 98.6 cm³/mol. The highest BCUT2D eigenvalue weighted by Gasteiger charge is 2.08. The maximum Gasteiger partial charge on any atom is 0.118 e. The zero-order valence-corrected chi connectivity index (χ0v) is 15.0. The molecule has 5 heteroatoms. The first-order valence-corrected chi connectivity index (χ1v) is 9.28. The third kappa shape index (κ3) is 4.19. The van der Waals surface area contributed by atoms with Gasteiger partial charge in [0.1, 0.15) is 10.8 Å². The van der Waals surface area contributed by atoms with Gasteiger partial charge in [-0.05, 0) is 54.6 Å². The Bertz CT molecular complexity index is 746. The third-order valence-electron chi connectivity index (χ3n) is 3.67. The van der Waals surface area contributed by atoms with Gasteiger partial charge in [0.2, 0.25) is 0 Å². The first-order valence-electron chi connectivity index (χ1n) is 7.59. The second kappa shape index (κ2) is 7.73. The second-order valence-electron chi connectivity index (χ2n) is 5.33. The number of nitrogens with one attached hydrogen (secondary N) is 1. The highest BCUT2D eigenvalue weighted by Crippen LogP contribution is 2.33. The van der Waals surface area contributed by atoms with Crippen LogP contribution in [0.15, 0.2) is 41.9 Å². The van der Waals surface area contributed by atoms with Gasteiger partial charge in [-0.25, -0.2) is 4.98 Å². The molecule has 120 valence electrons. The fourth-order valence-corrected chi connectivity index (χ4v) is 4.34. The van der Waals surface area contributed by atoms with Crippen molar-refractivity contribution in [2.75, 3.05) is 13.7 Å². The number of thiophene rings is 1. The summed E-state index contributed by atoms with van der Waals surface area (Å²) in [7, 11) is 1.69. The molecule has 0 saturated carbocycles. The van der Waals surface area contributed by atoms with Gasteiger partial charge in [-0.1, -0.05) is 12.1 Å². The molecule has 3 aromatic rings. The number of benzene rings is 1. The van der Waals surface area contributed by atoms with Crippen LogP contribution < -0.4 is 10.1 Å². The van der Waals surface area contributed by atoms with Gasteiger partial charge in [-0.15, -0.1) is 22.7 Å². The van der Waals surface area contributed by atoms with Crippen LogP contribution in [0, 0.1) is 6.92 Å². The average molecular weight is 345 g/mol. The molecular formula is C18H20N2OS2. The van der Waals surface area contributed by atoms with Gasteiger partial charge in [-0.2, -0.15) is 0 Å². The van der Waals surface area contributed by atoms with Crippen molar-refractivity contribution in [3.05, 3.63) is 58.0 Å². The summed E-state index contributed by atoms with van der Waals surface area (Å²) in [5.74, 6) is 0.904. The van der Waals surface area contributed by atoms with Gasteiger partial charge < -0.3 is 10.1 Å². The molecule has 0 unspecified atom stereocenters. The molecule has 0 aliphatic rings. The number of rotatable bonds is 7. The van der Waals surface area contributed by atoms with E-state index in [-0.39, 0.29) is 0 Å². The van der Waals surface area contributed by atoms with Crippen molar-refractivity contribution < 1.29 is 4.74 Å². The Balaban J connectivity index is 1.47. The molecule has 0 aliphatic heterocycles. The number of aromatic nitrogens is 1. The summed E-state index contributed by atoms with van der Waals surface area (Å²) in [6.07, 6.45) is 3.00. The van der Waals surface area contributed by atoms with E-state index in [4.69, 9.17) is 4.74 Å². The number of methoxy groups -OCH3 is 1. The summed E-state index contributed by atoms with van der Waals surface area (Å²) in [5.41, 5.74) is 2.64. The van der Waals surface area contributed by atoms with Crippen molar-refractivity contribution in [3.8, 4) is 15.5 Å². The summed E-state index contributed by atoms with van der Waals surface area (Å²) < 4.78 is 5.17. The number of ether oxygens (including phenoxy) is 1. The van der Waals surface area contributed by atoms with E-state index in [9.17, 15) is 0 Å². The minimum absolute atomic E-state index is 0.825. The normalized spacial score (nSPS) is 10.9. The van der Waals surface area contributed by atoms with Gasteiger partial charge in [0.25, 0.3) is 0 Å². The molecular weight excluding hydrogens is 324 g/mol. The van der Waals surface area contributed by atoms with Crippen LogP contribution in [0.1, 0.15) is 16.1 Å². The molecule has 1 aromatic carbocycles.